The Morgan fingerprint density at radius 1 is 1.05 bits per heavy atom. The van der Waals surface area contributed by atoms with Crippen molar-refractivity contribution in [3.63, 3.8) is 0 Å². The topological polar surface area (TPSA) is 85.1 Å². The number of alkyl halides is 2. The van der Waals surface area contributed by atoms with Crippen LogP contribution in [0.3, 0.4) is 0 Å². The summed E-state index contributed by atoms with van der Waals surface area (Å²) >= 11 is 0. The average Bonchev–Trinajstić information content (AvgIpc) is 3.48. The Morgan fingerprint density at radius 2 is 1.79 bits per heavy atom. The molecule has 0 bridgehead atoms. The highest BCUT2D eigenvalue weighted by atomic mass is 19.3. The van der Waals surface area contributed by atoms with Gasteiger partial charge in [-0.25, -0.2) is 22.0 Å². The minimum Gasteiger partial charge on any atom is -0.387 e. The van der Waals surface area contributed by atoms with Crippen molar-refractivity contribution in [2.45, 2.75) is 57.6 Å². The number of fused-ring (bicyclic) bond motifs is 1. The second-order valence-corrected chi connectivity index (χ2v) is 10.4. The third-order valence-corrected chi connectivity index (χ3v) is 7.40. The van der Waals surface area contributed by atoms with Gasteiger partial charge in [0.15, 0.2) is 11.6 Å². The van der Waals surface area contributed by atoms with Crippen molar-refractivity contribution in [1.82, 2.24) is 14.8 Å². The number of carbonyl (C=O) groups is 2. The Labute approximate surface area is 237 Å². The first-order chi connectivity index (χ1) is 20.0. The molecule has 4 aromatic rings. The van der Waals surface area contributed by atoms with Gasteiger partial charge in [-0.05, 0) is 67.6 Å². The van der Waals surface area contributed by atoms with Crippen LogP contribution in [-0.2, 0) is 24.2 Å². The minimum absolute atomic E-state index is 0.0205. The molecule has 2 aromatic heterocycles. The molecule has 1 aliphatic carbocycles. The summed E-state index contributed by atoms with van der Waals surface area (Å²) in [4.78, 5) is 29.9. The summed E-state index contributed by atoms with van der Waals surface area (Å²) in [6.07, 6.45) is -2.21. The zero-order valence-corrected chi connectivity index (χ0v) is 22.5. The van der Waals surface area contributed by atoms with E-state index in [0.717, 1.165) is 28.9 Å². The molecule has 5 rings (SSSR count). The number of aromatic nitrogens is 3. The number of carbonyl (C=O) groups excluding carboxylic acids is 2. The number of hydrogen-bond acceptors (Lipinski definition) is 5. The molecule has 0 fully saturated rings. The Morgan fingerprint density at radius 3 is 2.48 bits per heavy atom. The van der Waals surface area contributed by atoms with Gasteiger partial charge in [0.25, 0.3) is 6.43 Å². The van der Waals surface area contributed by atoms with Crippen molar-refractivity contribution < 1.29 is 36.6 Å². The van der Waals surface area contributed by atoms with Crippen LogP contribution in [0.5, 0.6) is 0 Å². The third-order valence-electron chi connectivity index (χ3n) is 7.40. The highest BCUT2D eigenvalue weighted by Crippen LogP contribution is 2.38. The molecule has 11 heteroatoms. The molecule has 6 nitrogen and oxygen atoms in total. The molecular weight excluding hydrogens is 557 g/mol. The largest absolute Gasteiger partial charge is 0.387 e. The average molecular weight is 584 g/mol. The molecule has 42 heavy (non-hydrogen) atoms. The zero-order chi connectivity index (χ0) is 30.1. The summed E-state index contributed by atoms with van der Waals surface area (Å²) < 4.78 is 70.7. The van der Waals surface area contributed by atoms with Crippen LogP contribution in [0.15, 0.2) is 54.7 Å². The maximum Gasteiger partial charge on any atom is 0.282 e. The summed E-state index contributed by atoms with van der Waals surface area (Å²) in [6.45, 7) is 0.821. The Balaban J connectivity index is 1.53. The fourth-order valence-corrected chi connectivity index (χ4v) is 5.61. The van der Waals surface area contributed by atoms with E-state index in [4.69, 9.17) is 0 Å². The number of pyridine rings is 1. The summed E-state index contributed by atoms with van der Waals surface area (Å²) in [5.41, 5.74) is 1.35. The molecule has 0 amide bonds. The smallest absolute Gasteiger partial charge is 0.282 e. The van der Waals surface area contributed by atoms with Gasteiger partial charge in [0.1, 0.15) is 23.1 Å². The molecule has 0 saturated carbocycles. The van der Waals surface area contributed by atoms with E-state index < -0.39 is 59.7 Å². The molecule has 218 valence electrons. The quantitative estimate of drug-likeness (QED) is 0.171. The number of aliphatic hydroxyl groups excluding tert-OH is 1. The number of hydrogen-bond donors (Lipinski definition) is 1. The first-order valence-corrected chi connectivity index (χ1v) is 13.3. The molecule has 0 spiro atoms. The van der Waals surface area contributed by atoms with Crippen molar-refractivity contribution in [2.75, 3.05) is 0 Å². The lowest BCUT2D eigenvalue weighted by molar-refractivity contribution is -0.120. The first kappa shape index (κ1) is 29.2. The predicted molar refractivity (Wildman–Crippen MR) is 143 cm³/mol. The molecule has 0 saturated heterocycles. The minimum atomic E-state index is -2.87. The van der Waals surface area contributed by atoms with Gasteiger partial charge in [-0.2, -0.15) is 5.10 Å². The van der Waals surface area contributed by atoms with Crippen molar-refractivity contribution in [1.29, 1.82) is 0 Å². The van der Waals surface area contributed by atoms with Gasteiger partial charge in [0.2, 0.25) is 0 Å². The van der Waals surface area contributed by atoms with E-state index in [2.05, 4.69) is 10.1 Å². The van der Waals surface area contributed by atoms with Crippen LogP contribution >= 0.6 is 0 Å². The van der Waals surface area contributed by atoms with Crippen molar-refractivity contribution in [3.05, 3.63) is 106 Å². The molecule has 1 aliphatic rings. The molecule has 0 aliphatic heterocycles. The van der Waals surface area contributed by atoms with E-state index in [1.807, 2.05) is 0 Å². The summed E-state index contributed by atoms with van der Waals surface area (Å²) in [7, 11) is 0. The molecule has 2 heterocycles. The standard InChI is InChI=1S/C31H26F5N3O3/c1-16(40)25-13-18(4-6-26(25)34)23-3-2-8-37-28(23)19(9-17-10-20(32)14-21(33)11-17)12-22(41)15-39-30-24(5-7-27(30)42)29(38-39)31(35)36/h2-4,6,8,10-11,13-14,19,27,31,42H,5,7,9,12,15H2,1H3/t19-,27?/m1/s1. The predicted octanol–water partition coefficient (Wildman–Crippen LogP) is 6.47. The lowest BCUT2D eigenvalue weighted by atomic mass is 9.86. The van der Waals surface area contributed by atoms with E-state index in [0.29, 0.717) is 16.8 Å². The van der Waals surface area contributed by atoms with Gasteiger partial charge in [-0.1, -0.05) is 12.1 Å². The summed E-state index contributed by atoms with van der Waals surface area (Å²) in [5.74, 6) is -4.00. The van der Waals surface area contributed by atoms with E-state index in [1.54, 1.807) is 12.1 Å². The highest BCUT2D eigenvalue weighted by molar-refractivity contribution is 5.95. The van der Waals surface area contributed by atoms with Crippen LogP contribution < -0.4 is 0 Å². The fourth-order valence-electron chi connectivity index (χ4n) is 5.61. The SMILES string of the molecule is CC(=O)c1cc(-c2cccnc2[C@@H](CC(=O)Cn2nc(C(F)F)c3c2C(O)CC3)Cc2cc(F)cc(F)c2)ccc1F. The monoisotopic (exact) mass is 583 g/mol. The third kappa shape index (κ3) is 6.01. The van der Waals surface area contributed by atoms with Gasteiger partial charge in [0, 0.05) is 35.7 Å². The number of nitrogens with zero attached hydrogens (tertiary/aromatic N) is 3. The van der Waals surface area contributed by atoms with Crippen LogP contribution in [0.2, 0.25) is 0 Å². The van der Waals surface area contributed by atoms with Gasteiger partial charge in [0.05, 0.1) is 29.6 Å². The van der Waals surface area contributed by atoms with Gasteiger partial charge in [-0.3, -0.25) is 19.3 Å². The van der Waals surface area contributed by atoms with Crippen LogP contribution in [0.4, 0.5) is 22.0 Å². The Bertz CT molecular complexity index is 1650. The number of Topliss-reactive ketones (excluding diaryl/α,β-unsaturated/α-hetero) is 2. The Hall–Kier alpha value is -4.25. The fraction of sp³-hybridized carbons (Fsp3) is 0.290. The second kappa shape index (κ2) is 11.9. The first-order valence-electron chi connectivity index (χ1n) is 13.3. The van der Waals surface area contributed by atoms with E-state index >= 15 is 0 Å². The molecule has 2 aromatic carbocycles. The molecule has 0 radical (unpaired) electrons. The lowest BCUT2D eigenvalue weighted by Crippen LogP contribution is -2.19. The molecule has 2 atom stereocenters. The normalized spacial score (nSPS) is 15.2. The molecule has 1 unspecified atom stereocenters. The van der Waals surface area contributed by atoms with E-state index in [1.165, 1.54) is 25.3 Å². The lowest BCUT2D eigenvalue weighted by Gasteiger charge is -2.20. The maximum atomic E-state index is 14.3. The zero-order valence-electron chi connectivity index (χ0n) is 22.5. The highest BCUT2D eigenvalue weighted by Gasteiger charge is 2.33. The van der Waals surface area contributed by atoms with Crippen LogP contribution in [0, 0.1) is 17.5 Å². The summed E-state index contributed by atoms with van der Waals surface area (Å²) in [5, 5.41) is 14.3. The maximum absolute atomic E-state index is 14.3. The number of ketones is 2. The van der Waals surface area contributed by atoms with Gasteiger partial charge < -0.3 is 5.11 Å². The summed E-state index contributed by atoms with van der Waals surface area (Å²) in [6, 6.07) is 10.3. The Kier molecular flexibility index (Phi) is 8.31. The van der Waals surface area contributed by atoms with Gasteiger partial charge >= 0.3 is 0 Å². The van der Waals surface area contributed by atoms with Crippen molar-refractivity contribution in [2.24, 2.45) is 0 Å². The number of halogens is 5. The van der Waals surface area contributed by atoms with E-state index in [9.17, 15) is 36.6 Å². The van der Waals surface area contributed by atoms with Crippen LogP contribution in [-0.4, -0.2) is 31.4 Å². The number of aliphatic hydroxyl groups is 1. The number of rotatable bonds is 10. The second-order valence-electron chi connectivity index (χ2n) is 10.4. The van der Waals surface area contributed by atoms with Crippen LogP contribution in [0.1, 0.15) is 76.8 Å². The van der Waals surface area contributed by atoms with Crippen LogP contribution in [0.25, 0.3) is 11.1 Å². The molecule has 1 N–H and O–H groups in total. The van der Waals surface area contributed by atoms with E-state index in [-0.39, 0.29) is 48.1 Å². The number of benzene rings is 2. The van der Waals surface area contributed by atoms with Gasteiger partial charge in [-0.15, -0.1) is 0 Å². The van der Waals surface area contributed by atoms with Crippen molar-refractivity contribution >= 4 is 11.6 Å². The molecular formula is C31H26F5N3O3. The van der Waals surface area contributed by atoms with Crippen molar-refractivity contribution in [3.8, 4) is 11.1 Å².